The van der Waals surface area contributed by atoms with Crippen LogP contribution < -0.4 is 0 Å². The van der Waals surface area contributed by atoms with Gasteiger partial charge in [-0.1, -0.05) is 23.9 Å². The number of benzene rings is 1. The number of H-pyrrole nitrogens is 1. The van der Waals surface area contributed by atoms with Crippen LogP contribution in [0.3, 0.4) is 0 Å². The summed E-state index contributed by atoms with van der Waals surface area (Å²) in [5, 5.41) is 18.6. The van der Waals surface area contributed by atoms with E-state index in [0.717, 1.165) is 17.3 Å². The fourth-order valence-electron chi connectivity index (χ4n) is 2.21. The summed E-state index contributed by atoms with van der Waals surface area (Å²) in [4.78, 5) is 19.5. The topological polar surface area (TPSA) is 114 Å². The molecule has 8 nitrogen and oxygen atoms in total. The van der Waals surface area contributed by atoms with Crippen molar-refractivity contribution in [3.63, 3.8) is 0 Å². The summed E-state index contributed by atoms with van der Waals surface area (Å²) in [6, 6.07) is 7.33. The molecule has 1 aromatic carbocycles. The number of imidazole rings is 1. The lowest BCUT2D eigenvalue weighted by molar-refractivity contribution is -0.133. The minimum atomic E-state index is -0.684. The van der Waals surface area contributed by atoms with Crippen molar-refractivity contribution in [1.82, 2.24) is 20.2 Å². The summed E-state index contributed by atoms with van der Waals surface area (Å²) >= 11 is 2.69. The average molecular weight is 392 g/mol. The molecule has 0 radical (unpaired) electrons. The van der Waals surface area contributed by atoms with Gasteiger partial charge < -0.3 is 19.2 Å². The molecule has 26 heavy (non-hydrogen) atoms. The van der Waals surface area contributed by atoms with E-state index < -0.39 is 5.97 Å². The number of aromatic nitrogens is 4. The third-order valence-electron chi connectivity index (χ3n) is 3.35. The Balaban J connectivity index is 1.85. The first-order valence-corrected chi connectivity index (χ1v) is 9.90. The molecule has 0 saturated heterocycles. The zero-order chi connectivity index (χ0) is 18.5. The lowest BCUT2D eigenvalue weighted by atomic mass is 10.2. The lowest BCUT2D eigenvalue weighted by Crippen LogP contribution is -2.09. The van der Waals surface area contributed by atoms with Crippen LogP contribution in [0.25, 0.3) is 16.6 Å². The summed E-state index contributed by atoms with van der Waals surface area (Å²) in [5.41, 5.74) is 1.41. The number of carbonyl (C=O) groups is 1. The molecule has 0 unspecified atom stereocenters. The van der Waals surface area contributed by atoms with E-state index >= 15 is 0 Å². The normalized spacial score (nSPS) is 12.2. The fraction of sp³-hybridized carbons (Fsp3) is 0.250. The third-order valence-corrected chi connectivity index (χ3v) is 4.72. The number of nitrogens with zero attached hydrogens (tertiary/aromatic N) is 3. The summed E-state index contributed by atoms with van der Waals surface area (Å²) in [6.45, 7) is 0. The van der Waals surface area contributed by atoms with E-state index in [1.807, 2.05) is 30.5 Å². The van der Waals surface area contributed by atoms with Gasteiger partial charge >= 0.3 is 5.97 Å². The number of hydrogen-bond donors (Lipinski definition) is 2. The smallest absolute Gasteiger partial charge is 0.345 e. The van der Waals surface area contributed by atoms with Gasteiger partial charge in [-0.2, -0.15) is 11.8 Å². The maximum Gasteiger partial charge on any atom is 0.345 e. The Kier molecular flexibility index (Phi) is 5.84. The zero-order valence-corrected chi connectivity index (χ0v) is 15.7. The molecular formula is C16H16N4O4S2. The van der Waals surface area contributed by atoms with E-state index in [0.29, 0.717) is 22.4 Å². The Morgan fingerprint density at radius 3 is 2.88 bits per heavy atom. The van der Waals surface area contributed by atoms with E-state index in [1.54, 1.807) is 11.8 Å². The van der Waals surface area contributed by atoms with Gasteiger partial charge in [0.05, 0.1) is 29.6 Å². The van der Waals surface area contributed by atoms with Crippen LogP contribution in [0, 0.1) is 0 Å². The van der Waals surface area contributed by atoms with Crippen LogP contribution in [-0.4, -0.2) is 50.4 Å². The van der Waals surface area contributed by atoms with E-state index in [1.165, 1.54) is 7.11 Å². The maximum atomic E-state index is 12.2. The number of esters is 1. The molecule has 2 N–H and O–H groups in total. The fourth-order valence-corrected chi connectivity index (χ4v) is 3.23. The molecule has 0 amide bonds. The van der Waals surface area contributed by atoms with Crippen LogP contribution in [0.2, 0.25) is 0 Å². The monoisotopic (exact) mass is 392 g/mol. The van der Waals surface area contributed by atoms with Crippen molar-refractivity contribution >= 4 is 46.1 Å². The second-order valence-electron chi connectivity index (χ2n) is 5.10. The number of rotatable bonds is 7. The van der Waals surface area contributed by atoms with Crippen molar-refractivity contribution in [3.8, 4) is 0 Å². The van der Waals surface area contributed by atoms with Gasteiger partial charge in [-0.05, 0) is 18.4 Å². The second kappa shape index (κ2) is 8.28. The highest BCUT2D eigenvalue weighted by molar-refractivity contribution is 7.99. The lowest BCUT2D eigenvalue weighted by Gasteiger charge is -2.06. The average Bonchev–Trinajstić information content (AvgIpc) is 3.26. The second-order valence-corrected chi connectivity index (χ2v) is 6.89. The molecule has 0 aliphatic heterocycles. The molecule has 10 heteroatoms. The first-order valence-electron chi connectivity index (χ1n) is 7.52. The number of aliphatic hydroxyl groups is 1. The van der Waals surface area contributed by atoms with E-state index in [2.05, 4.69) is 20.2 Å². The molecule has 0 saturated carbocycles. The first kappa shape index (κ1) is 18.3. The van der Waals surface area contributed by atoms with Gasteiger partial charge in [0.25, 0.3) is 5.22 Å². The number of thioether (sulfide) groups is 2. The van der Waals surface area contributed by atoms with Crippen molar-refractivity contribution in [2.24, 2.45) is 0 Å². The predicted octanol–water partition coefficient (Wildman–Crippen LogP) is 3.04. The zero-order valence-electron chi connectivity index (χ0n) is 14.1. The maximum absolute atomic E-state index is 12.2. The molecule has 0 atom stereocenters. The van der Waals surface area contributed by atoms with E-state index in [-0.39, 0.29) is 22.9 Å². The van der Waals surface area contributed by atoms with E-state index in [9.17, 15) is 9.90 Å². The van der Waals surface area contributed by atoms with Crippen LogP contribution in [-0.2, 0) is 15.3 Å². The number of aromatic amines is 1. The molecule has 0 spiro atoms. The quantitative estimate of drug-likeness (QED) is 0.271. The molecule has 2 heterocycles. The van der Waals surface area contributed by atoms with Crippen molar-refractivity contribution < 1.29 is 19.1 Å². The number of ether oxygens (including phenoxy) is 1. The van der Waals surface area contributed by atoms with Crippen LogP contribution in [0.4, 0.5) is 0 Å². The Bertz CT molecular complexity index is 918. The molecule has 0 fully saturated rings. The number of methoxy groups -OCH3 is 1. The molecule has 136 valence electrons. The molecule has 3 aromatic rings. The highest BCUT2D eigenvalue weighted by Gasteiger charge is 2.22. The van der Waals surface area contributed by atoms with Crippen molar-refractivity contribution in [1.29, 1.82) is 0 Å². The number of fused-ring (bicyclic) bond motifs is 1. The molecule has 0 aliphatic carbocycles. The van der Waals surface area contributed by atoms with Gasteiger partial charge in [-0.25, -0.2) is 9.78 Å². The van der Waals surface area contributed by atoms with Gasteiger partial charge in [-0.3, -0.25) is 0 Å². The first-order chi connectivity index (χ1) is 12.6. The SMILES string of the molecule is COC(=O)/C(=C(/O)CSc1nnc(CSC)o1)c1nc2ccccc2[nH]1. The van der Waals surface area contributed by atoms with Crippen LogP contribution in [0.5, 0.6) is 0 Å². The Labute approximate surface area is 157 Å². The summed E-state index contributed by atoms with van der Waals surface area (Å²) < 4.78 is 10.2. The van der Waals surface area contributed by atoms with Crippen molar-refractivity contribution in [3.05, 3.63) is 41.7 Å². The molecule has 0 bridgehead atoms. The third kappa shape index (κ3) is 4.02. The standard InChI is InChI=1S/C16H16N4O4S2/c1-23-15(22)13(14-17-9-5-3-4-6-10(9)18-14)11(21)7-26-16-20-19-12(24-16)8-25-2/h3-6,21H,7-8H2,1-2H3,(H,17,18)/b13-11+. The van der Waals surface area contributed by atoms with Gasteiger partial charge in [0.2, 0.25) is 5.89 Å². The summed E-state index contributed by atoms with van der Waals surface area (Å²) in [6.07, 6.45) is 1.93. The van der Waals surface area contributed by atoms with Crippen LogP contribution in [0.1, 0.15) is 11.7 Å². The predicted molar refractivity (Wildman–Crippen MR) is 99.9 cm³/mol. The Morgan fingerprint density at radius 2 is 2.15 bits per heavy atom. The van der Waals surface area contributed by atoms with Gasteiger partial charge in [0.1, 0.15) is 17.2 Å². The van der Waals surface area contributed by atoms with Crippen molar-refractivity contribution in [2.45, 2.75) is 11.0 Å². The molecule has 2 aromatic heterocycles. The number of carbonyl (C=O) groups excluding carboxylic acids is 1. The minimum Gasteiger partial charge on any atom is -0.510 e. The summed E-state index contributed by atoms with van der Waals surface area (Å²) in [5.74, 6) is 0.546. The number of aliphatic hydroxyl groups excluding tert-OH is 1. The number of nitrogens with one attached hydrogen (secondary N) is 1. The largest absolute Gasteiger partial charge is 0.510 e. The molecule has 3 rings (SSSR count). The van der Waals surface area contributed by atoms with Crippen LogP contribution >= 0.6 is 23.5 Å². The van der Waals surface area contributed by atoms with Gasteiger partial charge in [-0.15, -0.1) is 10.2 Å². The molecule has 0 aliphatic rings. The highest BCUT2D eigenvalue weighted by Crippen LogP contribution is 2.25. The highest BCUT2D eigenvalue weighted by atomic mass is 32.2. The van der Waals surface area contributed by atoms with Gasteiger partial charge in [0.15, 0.2) is 0 Å². The Hall–Kier alpha value is -2.46. The van der Waals surface area contributed by atoms with Gasteiger partial charge in [0, 0.05) is 0 Å². The van der Waals surface area contributed by atoms with Crippen LogP contribution in [0.15, 0.2) is 39.7 Å². The number of para-hydroxylation sites is 2. The summed E-state index contributed by atoms with van der Waals surface area (Å²) in [7, 11) is 1.25. The molecular weight excluding hydrogens is 376 g/mol. The minimum absolute atomic E-state index is 0.0277. The van der Waals surface area contributed by atoms with E-state index in [4.69, 9.17) is 9.15 Å². The Morgan fingerprint density at radius 1 is 1.35 bits per heavy atom. The van der Waals surface area contributed by atoms with Crippen molar-refractivity contribution in [2.75, 3.05) is 19.1 Å². The number of hydrogen-bond acceptors (Lipinski definition) is 9.